The van der Waals surface area contributed by atoms with Gasteiger partial charge in [0.15, 0.2) is 16.3 Å². The summed E-state index contributed by atoms with van der Waals surface area (Å²) in [6, 6.07) is 3.68. The number of ether oxygens (including phenoxy) is 2. The van der Waals surface area contributed by atoms with Crippen molar-refractivity contribution in [2.45, 2.75) is 25.3 Å². The fourth-order valence-electron chi connectivity index (χ4n) is 2.53. The van der Waals surface area contributed by atoms with E-state index < -0.39 is 0 Å². The number of methoxy groups -OCH3 is 2. The lowest BCUT2D eigenvalue weighted by atomic mass is 9.93. The van der Waals surface area contributed by atoms with E-state index in [0.717, 1.165) is 19.3 Å². The Kier molecular flexibility index (Phi) is 3.25. The van der Waals surface area contributed by atoms with Crippen molar-refractivity contribution in [2.75, 3.05) is 14.2 Å². The van der Waals surface area contributed by atoms with Crippen LogP contribution in [0.5, 0.6) is 11.5 Å². The molecule has 0 saturated heterocycles. The van der Waals surface area contributed by atoms with E-state index in [1.807, 2.05) is 0 Å². The lowest BCUT2D eigenvalue weighted by molar-refractivity contribution is 0.302. The summed E-state index contributed by atoms with van der Waals surface area (Å²) in [4.78, 5) is 15.7. The van der Waals surface area contributed by atoms with Gasteiger partial charge in [-0.2, -0.15) is 0 Å². The molecule has 5 nitrogen and oxygen atoms in total. The summed E-state index contributed by atoms with van der Waals surface area (Å²) < 4.78 is 12.7. The highest BCUT2D eigenvalue weighted by atomic mass is 32.1. The normalized spacial score (nSPS) is 15.1. The van der Waals surface area contributed by atoms with Crippen LogP contribution in [0.1, 0.15) is 25.3 Å². The number of nitrogens with zero attached hydrogens (tertiary/aromatic N) is 1. The number of nitrogens with one attached hydrogen (secondary N) is 1. The van der Waals surface area contributed by atoms with Crippen molar-refractivity contribution in [3.05, 3.63) is 27.3 Å². The van der Waals surface area contributed by atoms with Gasteiger partial charge in [0, 0.05) is 12.1 Å². The first-order valence-corrected chi connectivity index (χ1v) is 6.97. The van der Waals surface area contributed by atoms with E-state index in [0.29, 0.717) is 27.2 Å². The highest BCUT2D eigenvalue weighted by Gasteiger charge is 2.23. The van der Waals surface area contributed by atoms with Crippen LogP contribution in [0.4, 0.5) is 0 Å². The van der Waals surface area contributed by atoms with E-state index in [1.54, 1.807) is 30.9 Å². The molecule has 1 aliphatic carbocycles. The van der Waals surface area contributed by atoms with Crippen LogP contribution in [-0.4, -0.2) is 23.8 Å². The molecule has 1 aliphatic rings. The third-order valence-electron chi connectivity index (χ3n) is 3.87. The smallest absolute Gasteiger partial charge is 0.262 e. The van der Waals surface area contributed by atoms with Crippen LogP contribution >= 0.6 is 12.2 Å². The second-order valence-electron chi connectivity index (χ2n) is 4.94. The molecule has 20 heavy (non-hydrogen) atoms. The summed E-state index contributed by atoms with van der Waals surface area (Å²) in [5.74, 6) is 1.12. The average Bonchev–Trinajstić information content (AvgIpc) is 2.40. The largest absolute Gasteiger partial charge is 0.493 e. The zero-order valence-electron chi connectivity index (χ0n) is 11.4. The molecule has 0 spiro atoms. The summed E-state index contributed by atoms with van der Waals surface area (Å²) in [6.07, 6.45) is 3.17. The summed E-state index contributed by atoms with van der Waals surface area (Å²) in [6.45, 7) is 0. The maximum absolute atomic E-state index is 12.6. The van der Waals surface area contributed by atoms with Crippen LogP contribution in [-0.2, 0) is 0 Å². The molecule has 0 radical (unpaired) electrons. The molecule has 0 amide bonds. The molecule has 1 fully saturated rings. The van der Waals surface area contributed by atoms with Crippen molar-refractivity contribution in [2.24, 2.45) is 0 Å². The van der Waals surface area contributed by atoms with Crippen molar-refractivity contribution in [1.29, 1.82) is 0 Å². The van der Waals surface area contributed by atoms with Gasteiger partial charge in [0.25, 0.3) is 5.56 Å². The molecule has 3 rings (SSSR count). The second kappa shape index (κ2) is 4.94. The first-order valence-electron chi connectivity index (χ1n) is 6.56. The summed E-state index contributed by atoms with van der Waals surface area (Å²) in [5.41, 5.74) is 0.614. The van der Waals surface area contributed by atoms with E-state index in [-0.39, 0.29) is 11.6 Å². The topological polar surface area (TPSA) is 56.2 Å². The van der Waals surface area contributed by atoms with E-state index in [9.17, 15) is 4.79 Å². The van der Waals surface area contributed by atoms with Gasteiger partial charge in [-0.25, -0.2) is 0 Å². The second-order valence-corrected chi connectivity index (χ2v) is 5.33. The Bertz CT molecular complexity index is 774. The molecular formula is C14H16N2O3S. The fraction of sp³-hybridized carbons (Fsp3) is 0.429. The predicted molar refractivity (Wildman–Crippen MR) is 79.4 cm³/mol. The predicted octanol–water partition coefficient (Wildman–Crippen LogP) is 2.80. The molecule has 2 aromatic rings. The van der Waals surface area contributed by atoms with Crippen molar-refractivity contribution >= 4 is 23.1 Å². The van der Waals surface area contributed by atoms with Gasteiger partial charge in [0.2, 0.25) is 0 Å². The third-order valence-corrected chi connectivity index (χ3v) is 4.17. The number of H-pyrrole nitrogens is 1. The molecule has 1 aromatic heterocycles. The van der Waals surface area contributed by atoms with Gasteiger partial charge >= 0.3 is 0 Å². The van der Waals surface area contributed by atoms with Gasteiger partial charge in [-0.05, 0) is 37.5 Å². The average molecular weight is 292 g/mol. The van der Waals surface area contributed by atoms with Crippen LogP contribution < -0.4 is 15.0 Å². The van der Waals surface area contributed by atoms with Crippen LogP contribution in [0.25, 0.3) is 10.9 Å². The number of fused-ring (bicyclic) bond motifs is 1. The molecule has 1 heterocycles. The molecule has 106 valence electrons. The molecule has 0 bridgehead atoms. The monoisotopic (exact) mass is 292 g/mol. The number of aromatic amines is 1. The van der Waals surface area contributed by atoms with Gasteiger partial charge in [0.1, 0.15) is 0 Å². The van der Waals surface area contributed by atoms with Gasteiger partial charge in [-0.3, -0.25) is 9.36 Å². The molecule has 0 unspecified atom stereocenters. The van der Waals surface area contributed by atoms with Gasteiger partial charge < -0.3 is 14.5 Å². The van der Waals surface area contributed by atoms with Gasteiger partial charge in [-0.1, -0.05) is 0 Å². The number of rotatable bonds is 3. The Morgan fingerprint density at radius 2 is 1.90 bits per heavy atom. The van der Waals surface area contributed by atoms with Crippen molar-refractivity contribution in [3.63, 3.8) is 0 Å². The minimum absolute atomic E-state index is 0.0607. The molecule has 0 aliphatic heterocycles. The Hall–Kier alpha value is -1.82. The number of benzene rings is 1. The zero-order valence-corrected chi connectivity index (χ0v) is 12.3. The van der Waals surface area contributed by atoms with Crippen LogP contribution in [0.3, 0.4) is 0 Å². The highest BCUT2D eigenvalue weighted by molar-refractivity contribution is 7.71. The SMILES string of the molecule is COc1cc2[nH]c(=S)n(C3CCC3)c(=O)c2cc1OC. The third kappa shape index (κ3) is 1.91. The fourth-order valence-corrected chi connectivity index (χ4v) is 2.88. The summed E-state index contributed by atoms with van der Waals surface area (Å²) >= 11 is 5.32. The number of hydrogen-bond acceptors (Lipinski definition) is 4. The van der Waals surface area contributed by atoms with E-state index in [2.05, 4.69) is 4.98 Å². The lowest BCUT2D eigenvalue weighted by Gasteiger charge is -2.27. The maximum atomic E-state index is 12.6. The first-order chi connectivity index (χ1) is 9.65. The van der Waals surface area contributed by atoms with Crippen molar-refractivity contribution in [3.8, 4) is 11.5 Å². The molecule has 0 atom stereocenters. The number of hydrogen-bond donors (Lipinski definition) is 1. The van der Waals surface area contributed by atoms with Crippen LogP contribution in [0.2, 0.25) is 0 Å². The molecule has 1 saturated carbocycles. The molecule has 1 N–H and O–H groups in total. The summed E-state index contributed by atoms with van der Waals surface area (Å²) in [7, 11) is 3.12. The van der Waals surface area contributed by atoms with Crippen LogP contribution in [0, 0.1) is 4.77 Å². The standard InChI is InChI=1S/C14H16N2O3S/c1-18-11-6-9-10(7-12(11)19-2)15-14(20)16(13(9)17)8-4-3-5-8/h6-8H,3-5H2,1-2H3,(H,15,20). The van der Waals surface area contributed by atoms with Crippen molar-refractivity contribution in [1.82, 2.24) is 9.55 Å². The molecular weight excluding hydrogens is 276 g/mol. The van der Waals surface area contributed by atoms with Gasteiger partial charge in [0.05, 0.1) is 25.1 Å². The van der Waals surface area contributed by atoms with E-state index in [4.69, 9.17) is 21.7 Å². The maximum Gasteiger partial charge on any atom is 0.262 e. The van der Waals surface area contributed by atoms with Crippen LogP contribution in [0.15, 0.2) is 16.9 Å². The summed E-state index contributed by atoms with van der Waals surface area (Å²) in [5, 5.41) is 0.572. The molecule has 1 aromatic carbocycles. The quantitative estimate of drug-likeness (QED) is 0.884. The minimum atomic E-state index is -0.0607. The minimum Gasteiger partial charge on any atom is -0.493 e. The number of aromatic nitrogens is 2. The van der Waals surface area contributed by atoms with Gasteiger partial charge in [-0.15, -0.1) is 0 Å². The van der Waals surface area contributed by atoms with Crippen molar-refractivity contribution < 1.29 is 9.47 Å². The molecule has 6 heteroatoms. The first kappa shape index (κ1) is 13.2. The Labute approximate surface area is 121 Å². The highest BCUT2D eigenvalue weighted by Crippen LogP contribution is 2.33. The van der Waals surface area contributed by atoms with E-state index >= 15 is 0 Å². The zero-order chi connectivity index (χ0) is 14.3. The Balaban J connectivity index is 2.31. The van der Waals surface area contributed by atoms with E-state index in [1.165, 1.54) is 0 Å². The Morgan fingerprint density at radius 1 is 1.25 bits per heavy atom. The Morgan fingerprint density at radius 3 is 2.45 bits per heavy atom. The lowest BCUT2D eigenvalue weighted by Crippen LogP contribution is -2.30.